The molecule has 5 aromatic rings. The van der Waals surface area contributed by atoms with Crippen LogP contribution in [-0.2, 0) is 7.05 Å². The van der Waals surface area contributed by atoms with Gasteiger partial charge in [-0.2, -0.15) is 4.57 Å². The first-order valence-corrected chi connectivity index (χ1v) is 12.2. The number of pyridine rings is 1. The summed E-state index contributed by atoms with van der Waals surface area (Å²) in [4.78, 5) is 4.72. The maximum atomic E-state index is 6.51. The van der Waals surface area contributed by atoms with Crippen molar-refractivity contribution in [3.05, 3.63) is 76.7 Å². The van der Waals surface area contributed by atoms with Crippen LogP contribution in [0.25, 0.3) is 39.1 Å². The molecular weight excluding hydrogens is 418 g/mol. The molecule has 0 aliphatic rings. The van der Waals surface area contributed by atoms with Gasteiger partial charge in [-0.1, -0.05) is 58.0 Å². The molecule has 0 unspecified atom stereocenters. The Morgan fingerprint density at radius 2 is 1.59 bits per heavy atom. The van der Waals surface area contributed by atoms with Gasteiger partial charge < -0.3 is 4.42 Å². The Morgan fingerprint density at radius 1 is 0.912 bits per heavy atom. The average molecular weight is 453 g/mol. The highest BCUT2D eigenvalue weighted by Crippen LogP contribution is 2.40. The second kappa shape index (κ2) is 8.12. The van der Waals surface area contributed by atoms with E-state index in [-0.39, 0.29) is 0 Å². The van der Waals surface area contributed by atoms with Crippen LogP contribution in [0.3, 0.4) is 0 Å². The normalized spacial score (nSPS) is 12.1. The molecule has 2 aromatic carbocycles. The SMILES string of the molecule is Cc1cc(C)c2c(n1)oc1c(-c3n(-c4c(C(C)C)cccc4C(C)C)cc[n+]3C)c(C)ccc12. The van der Waals surface area contributed by atoms with Crippen molar-refractivity contribution < 1.29 is 8.98 Å². The molecule has 3 heterocycles. The highest BCUT2D eigenvalue weighted by Gasteiger charge is 2.29. The van der Waals surface area contributed by atoms with Crippen LogP contribution in [-0.4, -0.2) is 9.55 Å². The maximum absolute atomic E-state index is 6.51. The molecule has 0 fully saturated rings. The van der Waals surface area contributed by atoms with Crippen LogP contribution in [0, 0.1) is 20.8 Å². The van der Waals surface area contributed by atoms with E-state index in [1.165, 1.54) is 27.9 Å². The molecular formula is C30H34N3O+. The summed E-state index contributed by atoms with van der Waals surface area (Å²) in [5.41, 5.74) is 10.1. The van der Waals surface area contributed by atoms with Crippen LogP contribution < -0.4 is 4.57 Å². The van der Waals surface area contributed by atoms with E-state index in [0.717, 1.165) is 33.4 Å². The zero-order chi connectivity index (χ0) is 24.3. The Morgan fingerprint density at radius 3 is 2.24 bits per heavy atom. The monoisotopic (exact) mass is 452 g/mol. The Balaban J connectivity index is 1.90. The highest BCUT2D eigenvalue weighted by molar-refractivity contribution is 6.10. The molecule has 0 atom stereocenters. The fraction of sp³-hybridized carbons (Fsp3) is 0.333. The van der Waals surface area contributed by atoms with Crippen LogP contribution in [0.2, 0.25) is 0 Å². The Labute approximate surface area is 201 Å². The van der Waals surface area contributed by atoms with Gasteiger partial charge in [0.15, 0.2) is 5.58 Å². The molecule has 0 aliphatic carbocycles. The second-order valence-corrected chi connectivity index (χ2v) is 10.2. The lowest BCUT2D eigenvalue weighted by molar-refractivity contribution is -0.659. The lowest BCUT2D eigenvalue weighted by Gasteiger charge is -2.18. The minimum atomic E-state index is 0.409. The number of hydrogen-bond donors (Lipinski definition) is 0. The first kappa shape index (κ1) is 22.4. The van der Waals surface area contributed by atoms with Crippen molar-refractivity contribution in [2.24, 2.45) is 7.05 Å². The van der Waals surface area contributed by atoms with Crippen molar-refractivity contribution in [3.8, 4) is 17.1 Å². The van der Waals surface area contributed by atoms with Crippen molar-refractivity contribution in [2.45, 2.75) is 60.3 Å². The van der Waals surface area contributed by atoms with Gasteiger partial charge in [-0.05, 0) is 49.8 Å². The van der Waals surface area contributed by atoms with Crippen molar-refractivity contribution >= 4 is 22.1 Å². The zero-order valence-electron chi connectivity index (χ0n) is 21.5. The molecule has 4 nitrogen and oxygen atoms in total. The molecule has 34 heavy (non-hydrogen) atoms. The van der Waals surface area contributed by atoms with Gasteiger partial charge in [-0.3, -0.25) is 0 Å². The quantitative estimate of drug-likeness (QED) is 0.266. The summed E-state index contributed by atoms with van der Waals surface area (Å²) in [6.07, 6.45) is 4.34. The predicted molar refractivity (Wildman–Crippen MR) is 140 cm³/mol. The molecule has 5 rings (SSSR count). The van der Waals surface area contributed by atoms with Crippen LogP contribution in [0.1, 0.15) is 67.5 Å². The highest BCUT2D eigenvalue weighted by atomic mass is 16.3. The molecule has 3 aromatic heterocycles. The number of benzene rings is 2. The molecule has 0 saturated carbocycles. The smallest absolute Gasteiger partial charge is 0.297 e. The molecule has 4 heteroatoms. The van der Waals surface area contributed by atoms with Gasteiger partial charge in [0.25, 0.3) is 5.82 Å². The van der Waals surface area contributed by atoms with Crippen molar-refractivity contribution in [1.82, 2.24) is 9.55 Å². The molecule has 0 spiro atoms. The van der Waals surface area contributed by atoms with Gasteiger partial charge in [0.2, 0.25) is 5.71 Å². The van der Waals surface area contributed by atoms with Gasteiger partial charge in [-0.25, -0.2) is 9.55 Å². The van der Waals surface area contributed by atoms with Gasteiger partial charge in [0.1, 0.15) is 23.6 Å². The number of para-hydroxylation sites is 1. The van der Waals surface area contributed by atoms with E-state index in [4.69, 9.17) is 9.40 Å². The minimum absolute atomic E-state index is 0.409. The summed E-state index contributed by atoms with van der Waals surface area (Å²) in [5.74, 6) is 1.94. The molecule has 0 saturated heterocycles. The Kier molecular flexibility index (Phi) is 5.35. The van der Waals surface area contributed by atoms with Crippen molar-refractivity contribution in [3.63, 3.8) is 0 Å². The van der Waals surface area contributed by atoms with E-state index in [9.17, 15) is 0 Å². The number of imidazole rings is 1. The van der Waals surface area contributed by atoms with E-state index >= 15 is 0 Å². The largest absolute Gasteiger partial charge is 0.437 e. The fourth-order valence-electron chi connectivity index (χ4n) is 5.31. The second-order valence-electron chi connectivity index (χ2n) is 10.2. The summed E-state index contributed by atoms with van der Waals surface area (Å²) >= 11 is 0. The van der Waals surface area contributed by atoms with E-state index in [2.05, 4.69) is 107 Å². The van der Waals surface area contributed by atoms with Crippen LogP contribution in [0.4, 0.5) is 0 Å². The predicted octanol–water partition coefficient (Wildman–Crippen LogP) is 7.44. The third-order valence-electron chi connectivity index (χ3n) is 6.95. The van der Waals surface area contributed by atoms with E-state index in [1.807, 2.05) is 6.92 Å². The van der Waals surface area contributed by atoms with E-state index in [1.54, 1.807) is 0 Å². The number of furan rings is 1. The first-order chi connectivity index (χ1) is 16.2. The summed E-state index contributed by atoms with van der Waals surface area (Å²) in [5, 5.41) is 2.22. The number of aryl methyl sites for hydroxylation is 4. The van der Waals surface area contributed by atoms with Crippen LogP contribution in [0.15, 0.2) is 53.2 Å². The Bertz CT molecular complexity index is 1520. The summed E-state index contributed by atoms with van der Waals surface area (Å²) in [6, 6.07) is 13.2. The van der Waals surface area contributed by atoms with Crippen LogP contribution in [0.5, 0.6) is 0 Å². The molecule has 0 bridgehead atoms. The topological polar surface area (TPSA) is 34.8 Å². The number of aromatic nitrogens is 3. The average Bonchev–Trinajstić information content (AvgIpc) is 3.33. The number of hydrogen-bond acceptors (Lipinski definition) is 2. The molecule has 0 radical (unpaired) electrons. The molecule has 174 valence electrons. The standard InChI is InChI=1S/C30H34N3O/c1-17(2)22-10-9-11-23(18(3)4)27(22)33-15-14-32(8)30(33)26-19(5)12-13-24-25-20(6)16-21(7)31-29(25)34-28(24)26/h9-18H,1-8H3/q+1. The van der Waals surface area contributed by atoms with Gasteiger partial charge in [0.05, 0.1) is 12.4 Å². The lowest BCUT2D eigenvalue weighted by atomic mass is 9.92. The summed E-state index contributed by atoms with van der Waals surface area (Å²) in [7, 11) is 2.12. The molecule has 0 aliphatic heterocycles. The van der Waals surface area contributed by atoms with Crippen LogP contribution >= 0.6 is 0 Å². The van der Waals surface area contributed by atoms with Crippen molar-refractivity contribution in [1.29, 1.82) is 0 Å². The van der Waals surface area contributed by atoms with E-state index in [0.29, 0.717) is 17.5 Å². The summed E-state index contributed by atoms with van der Waals surface area (Å²) < 4.78 is 11.1. The lowest BCUT2D eigenvalue weighted by Crippen LogP contribution is -2.29. The fourth-order valence-corrected chi connectivity index (χ4v) is 5.31. The van der Waals surface area contributed by atoms with Crippen molar-refractivity contribution in [2.75, 3.05) is 0 Å². The number of rotatable bonds is 4. The minimum Gasteiger partial charge on any atom is -0.437 e. The zero-order valence-corrected chi connectivity index (χ0v) is 21.5. The number of nitrogens with zero attached hydrogens (tertiary/aromatic N) is 3. The first-order valence-electron chi connectivity index (χ1n) is 12.2. The van der Waals surface area contributed by atoms with E-state index < -0.39 is 0 Å². The number of fused-ring (bicyclic) bond motifs is 3. The maximum Gasteiger partial charge on any atom is 0.297 e. The van der Waals surface area contributed by atoms with Gasteiger partial charge in [0, 0.05) is 22.2 Å². The third kappa shape index (κ3) is 3.35. The Hall–Kier alpha value is -3.40. The third-order valence-corrected chi connectivity index (χ3v) is 6.95. The molecule has 0 amide bonds. The summed E-state index contributed by atoms with van der Waals surface area (Å²) in [6.45, 7) is 15.4. The van der Waals surface area contributed by atoms with Gasteiger partial charge >= 0.3 is 0 Å². The molecule has 0 N–H and O–H groups in total. The van der Waals surface area contributed by atoms with Gasteiger partial charge in [-0.15, -0.1) is 0 Å².